The van der Waals surface area contributed by atoms with Crippen molar-refractivity contribution in [2.24, 2.45) is 0 Å². The molecule has 5 heteroatoms. The molecule has 108 valence electrons. The Hall–Kier alpha value is -1.00. The van der Waals surface area contributed by atoms with Crippen LogP contribution in [0, 0.1) is 0 Å². The molecule has 0 aliphatic heterocycles. The molecule has 3 nitrogen and oxygen atoms in total. The monoisotopic (exact) mass is 289 g/mol. The third-order valence-electron chi connectivity index (χ3n) is 2.45. The molecule has 0 atom stereocenters. The van der Waals surface area contributed by atoms with Gasteiger partial charge < -0.3 is 14.8 Å². The Morgan fingerprint density at radius 2 is 2.00 bits per heavy atom. The summed E-state index contributed by atoms with van der Waals surface area (Å²) in [6.45, 7) is 6.23. The highest BCUT2D eigenvalue weighted by Gasteiger charge is 2.15. The van der Waals surface area contributed by atoms with Gasteiger partial charge in [-0.25, -0.2) is 4.39 Å². The van der Waals surface area contributed by atoms with Gasteiger partial charge in [-0.2, -0.15) is 0 Å². The Balaban J connectivity index is 3.01. The third kappa shape index (κ3) is 5.25. The summed E-state index contributed by atoms with van der Waals surface area (Å²) in [7, 11) is 1.54. The van der Waals surface area contributed by atoms with E-state index in [4.69, 9.17) is 21.1 Å². The Labute approximate surface area is 119 Å². The van der Waals surface area contributed by atoms with Gasteiger partial charge in [0.1, 0.15) is 13.3 Å². The van der Waals surface area contributed by atoms with E-state index in [0.717, 1.165) is 5.56 Å². The second-order valence-corrected chi connectivity index (χ2v) is 5.67. The maximum Gasteiger partial charge on any atom is 0.165 e. The van der Waals surface area contributed by atoms with E-state index in [9.17, 15) is 4.39 Å². The molecule has 0 aliphatic carbocycles. The fourth-order valence-electron chi connectivity index (χ4n) is 1.57. The van der Waals surface area contributed by atoms with Crippen molar-refractivity contribution in [3.05, 3.63) is 22.7 Å². The first-order valence-electron chi connectivity index (χ1n) is 6.17. The van der Waals surface area contributed by atoms with Crippen molar-refractivity contribution in [1.82, 2.24) is 5.32 Å². The minimum atomic E-state index is -0.544. The largest absolute Gasteiger partial charge is 0.493 e. The molecule has 0 amide bonds. The van der Waals surface area contributed by atoms with Crippen LogP contribution in [0.15, 0.2) is 12.1 Å². The van der Waals surface area contributed by atoms with Crippen LogP contribution in [0.25, 0.3) is 0 Å². The van der Waals surface area contributed by atoms with E-state index in [-0.39, 0.29) is 12.1 Å². The van der Waals surface area contributed by atoms with Crippen molar-refractivity contribution < 1.29 is 13.9 Å². The molecule has 1 N–H and O–H groups in total. The lowest BCUT2D eigenvalue weighted by molar-refractivity contribution is 0.256. The molecule has 0 unspecified atom stereocenters. The molecule has 1 aromatic rings. The third-order valence-corrected chi connectivity index (χ3v) is 2.67. The average Bonchev–Trinajstić information content (AvgIpc) is 2.33. The van der Waals surface area contributed by atoms with Gasteiger partial charge in [-0.15, -0.1) is 0 Å². The molecule has 0 saturated carbocycles. The van der Waals surface area contributed by atoms with E-state index in [1.807, 2.05) is 0 Å². The van der Waals surface area contributed by atoms with Crippen LogP contribution in [-0.2, 0) is 6.54 Å². The van der Waals surface area contributed by atoms with E-state index in [1.54, 1.807) is 12.1 Å². The zero-order valence-corrected chi connectivity index (χ0v) is 12.6. The SMILES string of the molecule is COc1cc(Cl)cc(CNC(C)(C)C)c1OCCF. The lowest BCUT2D eigenvalue weighted by atomic mass is 10.1. The summed E-state index contributed by atoms with van der Waals surface area (Å²) < 4.78 is 23.0. The molecule has 0 saturated heterocycles. The van der Waals surface area contributed by atoms with Crippen LogP contribution >= 0.6 is 11.6 Å². The second-order valence-electron chi connectivity index (χ2n) is 5.24. The summed E-state index contributed by atoms with van der Waals surface area (Å²) >= 11 is 6.05. The van der Waals surface area contributed by atoms with Gasteiger partial charge in [-0.3, -0.25) is 0 Å². The normalized spacial score (nSPS) is 11.5. The Kier molecular flexibility index (Phi) is 5.88. The molecule has 0 bridgehead atoms. The molecule has 0 spiro atoms. The van der Waals surface area contributed by atoms with Crippen molar-refractivity contribution in [1.29, 1.82) is 0 Å². The van der Waals surface area contributed by atoms with E-state index < -0.39 is 6.67 Å². The molecule has 0 aromatic heterocycles. The predicted octanol–water partition coefficient (Wildman–Crippen LogP) is 3.59. The number of ether oxygens (including phenoxy) is 2. The van der Waals surface area contributed by atoms with Crippen LogP contribution in [0.3, 0.4) is 0 Å². The molecule has 1 rings (SSSR count). The van der Waals surface area contributed by atoms with Crippen LogP contribution in [-0.4, -0.2) is 25.9 Å². The highest BCUT2D eigenvalue weighted by molar-refractivity contribution is 6.30. The number of halogens is 2. The fraction of sp³-hybridized carbons (Fsp3) is 0.571. The summed E-state index contributed by atoms with van der Waals surface area (Å²) in [5, 5.41) is 3.91. The molecule has 0 heterocycles. The molecule has 1 aromatic carbocycles. The summed E-state index contributed by atoms with van der Waals surface area (Å²) in [6.07, 6.45) is 0. The zero-order chi connectivity index (χ0) is 14.5. The number of alkyl halides is 1. The molecular weight excluding hydrogens is 269 g/mol. The standard InChI is InChI=1S/C14H21ClFNO2/c1-14(2,3)17-9-10-7-11(15)8-12(18-4)13(10)19-6-5-16/h7-8,17H,5-6,9H2,1-4H3. The van der Waals surface area contributed by atoms with E-state index in [1.165, 1.54) is 7.11 Å². The molecule has 0 fully saturated rings. The van der Waals surface area contributed by atoms with Gasteiger partial charge in [0.2, 0.25) is 0 Å². The van der Waals surface area contributed by atoms with Gasteiger partial charge in [0.05, 0.1) is 7.11 Å². The predicted molar refractivity (Wildman–Crippen MR) is 76.1 cm³/mol. The maximum absolute atomic E-state index is 12.3. The van der Waals surface area contributed by atoms with Crippen LogP contribution in [0.4, 0.5) is 4.39 Å². The maximum atomic E-state index is 12.3. The van der Waals surface area contributed by atoms with Crippen molar-refractivity contribution >= 4 is 11.6 Å². The highest BCUT2D eigenvalue weighted by Crippen LogP contribution is 2.35. The van der Waals surface area contributed by atoms with Crippen LogP contribution in [0.1, 0.15) is 26.3 Å². The number of nitrogens with one attached hydrogen (secondary N) is 1. The Morgan fingerprint density at radius 1 is 1.32 bits per heavy atom. The number of hydrogen-bond acceptors (Lipinski definition) is 3. The number of benzene rings is 1. The van der Waals surface area contributed by atoms with E-state index >= 15 is 0 Å². The van der Waals surface area contributed by atoms with Crippen LogP contribution < -0.4 is 14.8 Å². The van der Waals surface area contributed by atoms with E-state index in [2.05, 4.69) is 26.1 Å². The van der Waals surface area contributed by atoms with Gasteiger partial charge in [-0.05, 0) is 26.8 Å². The Morgan fingerprint density at radius 3 is 2.53 bits per heavy atom. The van der Waals surface area contributed by atoms with Gasteiger partial charge in [-0.1, -0.05) is 11.6 Å². The quantitative estimate of drug-likeness (QED) is 0.868. The smallest absolute Gasteiger partial charge is 0.165 e. The van der Waals surface area contributed by atoms with Gasteiger partial charge in [0.25, 0.3) is 0 Å². The van der Waals surface area contributed by atoms with Crippen molar-refractivity contribution in [3.63, 3.8) is 0 Å². The zero-order valence-electron chi connectivity index (χ0n) is 11.8. The first-order valence-corrected chi connectivity index (χ1v) is 6.55. The topological polar surface area (TPSA) is 30.5 Å². The minimum Gasteiger partial charge on any atom is -0.493 e. The lowest BCUT2D eigenvalue weighted by Crippen LogP contribution is -2.35. The summed E-state index contributed by atoms with van der Waals surface area (Å²) in [6, 6.07) is 3.46. The first kappa shape index (κ1) is 16.1. The average molecular weight is 290 g/mol. The second kappa shape index (κ2) is 6.96. The summed E-state index contributed by atoms with van der Waals surface area (Å²) in [4.78, 5) is 0. The highest BCUT2D eigenvalue weighted by atomic mass is 35.5. The molecule has 0 radical (unpaired) electrons. The van der Waals surface area contributed by atoms with Crippen molar-refractivity contribution in [2.45, 2.75) is 32.9 Å². The van der Waals surface area contributed by atoms with Gasteiger partial charge >= 0.3 is 0 Å². The number of hydrogen-bond donors (Lipinski definition) is 1. The molecular formula is C14H21ClFNO2. The van der Waals surface area contributed by atoms with Crippen LogP contribution in [0.2, 0.25) is 5.02 Å². The summed E-state index contributed by atoms with van der Waals surface area (Å²) in [5.41, 5.74) is 0.820. The Bertz CT molecular complexity index is 419. The number of rotatable bonds is 6. The first-order chi connectivity index (χ1) is 8.87. The molecule has 0 aliphatic rings. The van der Waals surface area contributed by atoms with E-state index in [0.29, 0.717) is 23.1 Å². The molecule has 19 heavy (non-hydrogen) atoms. The van der Waals surface area contributed by atoms with Gasteiger partial charge in [0.15, 0.2) is 11.5 Å². The summed E-state index contributed by atoms with van der Waals surface area (Å²) in [5.74, 6) is 1.06. The van der Waals surface area contributed by atoms with Crippen molar-refractivity contribution in [2.75, 3.05) is 20.4 Å². The number of methoxy groups -OCH3 is 1. The van der Waals surface area contributed by atoms with Gasteiger partial charge in [0, 0.05) is 28.7 Å². The fourth-order valence-corrected chi connectivity index (χ4v) is 1.80. The van der Waals surface area contributed by atoms with Crippen molar-refractivity contribution in [3.8, 4) is 11.5 Å². The lowest BCUT2D eigenvalue weighted by Gasteiger charge is -2.22. The minimum absolute atomic E-state index is 0.000506. The van der Waals surface area contributed by atoms with Crippen LogP contribution in [0.5, 0.6) is 11.5 Å².